The number of hydrogen-bond acceptors (Lipinski definition) is 5. The zero-order valence-corrected chi connectivity index (χ0v) is 19.2. The summed E-state index contributed by atoms with van der Waals surface area (Å²) >= 11 is 0. The van der Waals surface area contributed by atoms with Gasteiger partial charge < -0.3 is 14.7 Å². The zero-order chi connectivity index (χ0) is 25.4. The lowest BCUT2D eigenvalue weighted by atomic mass is 9.94. The lowest BCUT2D eigenvalue weighted by molar-refractivity contribution is -0.203. The van der Waals surface area contributed by atoms with E-state index in [0.717, 1.165) is 37.3 Å². The lowest BCUT2D eigenvalue weighted by Gasteiger charge is -2.28. The maximum atomic E-state index is 13.1. The molecule has 2 aromatic rings. The highest BCUT2D eigenvalue weighted by Crippen LogP contribution is 2.36. The molecule has 0 spiro atoms. The quantitative estimate of drug-likeness (QED) is 0.481. The first-order valence-electron chi connectivity index (χ1n) is 11.5. The Morgan fingerprint density at radius 2 is 1.60 bits per heavy atom. The Morgan fingerprint density at radius 1 is 0.971 bits per heavy atom. The summed E-state index contributed by atoms with van der Waals surface area (Å²) in [5, 5.41) is 15.3. The van der Waals surface area contributed by atoms with Crippen LogP contribution in [0.1, 0.15) is 53.3 Å². The molecule has 0 amide bonds. The summed E-state index contributed by atoms with van der Waals surface area (Å²) in [4.78, 5) is 3.87. The van der Waals surface area contributed by atoms with Crippen molar-refractivity contribution < 1.29 is 36.2 Å². The molecule has 1 fully saturated rings. The molecule has 6 nitrogen and oxygen atoms in total. The molecule has 2 aliphatic rings. The van der Waals surface area contributed by atoms with Gasteiger partial charge in [0.05, 0.1) is 29.1 Å². The molecule has 0 aliphatic carbocycles. The molecule has 12 heteroatoms. The smallest absolute Gasteiger partial charge is 0.356 e. The number of ether oxygens (including phenoxy) is 1. The summed E-state index contributed by atoms with van der Waals surface area (Å²) in [6, 6.07) is 3.29. The molecule has 35 heavy (non-hydrogen) atoms. The first-order valence-corrected chi connectivity index (χ1v) is 11.5. The summed E-state index contributed by atoms with van der Waals surface area (Å²) in [5.74, 6) is 0.365. The van der Waals surface area contributed by atoms with Gasteiger partial charge in [-0.25, -0.2) is 4.90 Å². The summed E-state index contributed by atoms with van der Waals surface area (Å²) in [6.45, 7) is 2.77. The topological polar surface area (TPSA) is 53.8 Å². The van der Waals surface area contributed by atoms with E-state index in [4.69, 9.17) is 9.84 Å². The average Bonchev–Trinajstić information content (AvgIpc) is 3.07. The largest absolute Gasteiger partial charge is 0.416 e. The standard InChI is InChI=1S/C23H28F6N4O2/c1-31-7-3-16(4-8-31)20-12-19-13-32(5-2-6-33(19)30-20)21(34)35-14-15-9-17(22(24,25)26)11-18(10-15)23(27,28)29/h9-12,16,21,34H,2-8,13-14H2,1H3. The molecular weight excluding hydrogens is 478 g/mol. The van der Waals surface area contributed by atoms with E-state index >= 15 is 0 Å². The molecule has 1 aromatic carbocycles. The number of piperidine rings is 1. The van der Waals surface area contributed by atoms with Gasteiger partial charge in [-0.15, -0.1) is 0 Å². The number of aliphatic hydroxyl groups is 1. The minimum absolute atomic E-state index is 0.0673. The van der Waals surface area contributed by atoms with Crippen LogP contribution in [0.25, 0.3) is 0 Å². The highest BCUT2D eigenvalue weighted by molar-refractivity contribution is 5.33. The van der Waals surface area contributed by atoms with E-state index in [1.165, 1.54) is 0 Å². The van der Waals surface area contributed by atoms with Gasteiger partial charge in [-0.1, -0.05) is 0 Å². The summed E-state index contributed by atoms with van der Waals surface area (Å²) < 4.78 is 85.8. The maximum Gasteiger partial charge on any atom is 0.416 e. The molecule has 0 bridgehead atoms. The Morgan fingerprint density at radius 3 is 2.20 bits per heavy atom. The first-order chi connectivity index (χ1) is 16.4. The van der Waals surface area contributed by atoms with Crippen LogP contribution < -0.4 is 0 Å². The van der Waals surface area contributed by atoms with Crippen LogP contribution in [-0.2, 0) is 36.8 Å². The number of hydrogen-bond donors (Lipinski definition) is 1. The monoisotopic (exact) mass is 506 g/mol. The van der Waals surface area contributed by atoms with Gasteiger partial charge in [0, 0.05) is 25.6 Å². The van der Waals surface area contributed by atoms with Gasteiger partial charge in [-0.2, -0.15) is 31.4 Å². The lowest BCUT2D eigenvalue weighted by Crippen LogP contribution is -2.36. The van der Waals surface area contributed by atoms with Gasteiger partial charge in [0.15, 0.2) is 0 Å². The zero-order valence-electron chi connectivity index (χ0n) is 19.2. The van der Waals surface area contributed by atoms with E-state index in [-0.39, 0.29) is 11.6 Å². The predicted octanol–water partition coefficient (Wildman–Crippen LogP) is 4.43. The van der Waals surface area contributed by atoms with Crippen molar-refractivity contribution in [3.8, 4) is 0 Å². The average molecular weight is 506 g/mol. The fourth-order valence-electron chi connectivity index (χ4n) is 4.58. The van der Waals surface area contributed by atoms with Gasteiger partial charge in [0.2, 0.25) is 6.41 Å². The van der Waals surface area contributed by atoms with Crippen molar-refractivity contribution in [2.24, 2.45) is 0 Å². The molecule has 0 saturated carbocycles. The third kappa shape index (κ3) is 6.35. The molecule has 1 N–H and O–H groups in total. The van der Waals surface area contributed by atoms with Gasteiger partial charge in [0.1, 0.15) is 0 Å². The number of aromatic nitrogens is 2. The van der Waals surface area contributed by atoms with Crippen LogP contribution in [0.3, 0.4) is 0 Å². The molecule has 1 atom stereocenters. The van der Waals surface area contributed by atoms with Crippen molar-refractivity contribution in [3.63, 3.8) is 0 Å². The Balaban J connectivity index is 1.43. The van der Waals surface area contributed by atoms with Crippen LogP contribution >= 0.6 is 0 Å². The van der Waals surface area contributed by atoms with Crippen molar-refractivity contribution in [1.29, 1.82) is 0 Å². The summed E-state index contributed by atoms with van der Waals surface area (Å²) in [6.07, 6.45) is -8.69. The second-order valence-electron chi connectivity index (χ2n) is 9.24. The van der Waals surface area contributed by atoms with Crippen molar-refractivity contribution in [2.45, 2.75) is 63.6 Å². The fraction of sp³-hybridized carbons (Fsp3) is 0.609. The van der Waals surface area contributed by atoms with Crippen molar-refractivity contribution in [1.82, 2.24) is 19.6 Å². The molecule has 1 saturated heterocycles. The minimum atomic E-state index is -4.94. The van der Waals surface area contributed by atoms with E-state index < -0.39 is 36.5 Å². The number of halogens is 6. The number of aliphatic hydroxyl groups excluding tert-OH is 1. The number of aryl methyl sites for hydroxylation is 1. The van der Waals surface area contributed by atoms with E-state index in [1.54, 1.807) is 4.90 Å². The SMILES string of the molecule is CN1CCC(c2cc3n(n2)CCCN(C(O)OCc2cc(C(F)(F)F)cc(C(F)(F)F)c2)C3)CC1. The molecule has 2 aliphatic heterocycles. The van der Waals surface area contributed by atoms with Gasteiger partial charge >= 0.3 is 12.4 Å². The van der Waals surface area contributed by atoms with Crippen molar-refractivity contribution >= 4 is 0 Å². The number of likely N-dealkylation sites (tertiary alicyclic amines) is 1. The first kappa shape index (κ1) is 25.9. The van der Waals surface area contributed by atoms with Crippen LogP contribution in [-0.4, -0.2) is 57.8 Å². The molecule has 4 rings (SSSR count). The highest BCUT2D eigenvalue weighted by Gasteiger charge is 2.37. The van der Waals surface area contributed by atoms with E-state index in [1.807, 2.05) is 10.7 Å². The normalized spacial score (nSPS) is 20.0. The Bertz CT molecular complexity index is 982. The maximum absolute atomic E-state index is 13.1. The van der Waals surface area contributed by atoms with Gasteiger partial charge in [-0.05, 0) is 69.2 Å². The van der Waals surface area contributed by atoms with Crippen LogP contribution in [0, 0.1) is 0 Å². The molecule has 0 radical (unpaired) electrons. The van der Waals surface area contributed by atoms with Crippen LogP contribution in [0.5, 0.6) is 0 Å². The van der Waals surface area contributed by atoms with E-state index in [2.05, 4.69) is 11.9 Å². The van der Waals surface area contributed by atoms with Gasteiger partial charge in [0.25, 0.3) is 0 Å². The molecule has 194 valence electrons. The number of benzene rings is 1. The summed E-state index contributed by atoms with van der Waals surface area (Å²) in [7, 11) is 2.08. The number of fused-ring (bicyclic) bond motifs is 1. The predicted molar refractivity (Wildman–Crippen MR) is 114 cm³/mol. The molecular formula is C23H28F6N4O2. The minimum Gasteiger partial charge on any atom is -0.356 e. The Hall–Kier alpha value is -2.15. The number of rotatable bonds is 5. The van der Waals surface area contributed by atoms with Crippen LogP contribution in [0.15, 0.2) is 24.3 Å². The third-order valence-electron chi connectivity index (χ3n) is 6.56. The molecule has 1 unspecified atom stereocenters. The van der Waals surface area contributed by atoms with Crippen molar-refractivity contribution in [3.05, 3.63) is 52.3 Å². The Kier molecular flexibility index (Phi) is 7.46. The fourth-order valence-corrected chi connectivity index (χ4v) is 4.58. The number of alkyl halides is 6. The summed E-state index contributed by atoms with van der Waals surface area (Å²) in [5.41, 5.74) is -1.26. The van der Waals surface area contributed by atoms with Gasteiger partial charge in [-0.3, -0.25) is 4.68 Å². The van der Waals surface area contributed by atoms with Crippen molar-refractivity contribution in [2.75, 3.05) is 26.7 Å². The van der Waals surface area contributed by atoms with Crippen LogP contribution in [0.2, 0.25) is 0 Å². The van der Waals surface area contributed by atoms with E-state index in [9.17, 15) is 31.4 Å². The molecule has 1 aromatic heterocycles. The highest BCUT2D eigenvalue weighted by atomic mass is 19.4. The second-order valence-corrected chi connectivity index (χ2v) is 9.24. The van der Waals surface area contributed by atoms with Crippen LogP contribution in [0.4, 0.5) is 26.3 Å². The molecule has 3 heterocycles. The third-order valence-corrected chi connectivity index (χ3v) is 6.56. The Labute approximate surface area is 199 Å². The second kappa shape index (κ2) is 10.1. The van der Waals surface area contributed by atoms with E-state index in [0.29, 0.717) is 44.1 Å². The number of nitrogens with zero attached hydrogens (tertiary/aromatic N) is 4.